The van der Waals surface area contributed by atoms with Gasteiger partial charge >= 0.3 is 0 Å². The number of benzene rings is 1. The third-order valence-corrected chi connectivity index (χ3v) is 6.54. The van der Waals surface area contributed by atoms with Crippen molar-refractivity contribution in [2.45, 2.75) is 45.2 Å². The Bertz CT molecular complexity index is 887. The smallest absolute Gasteiger partial charge is 0.253 e. The van der Waals surface area contributed by atoms with Gasteiger partial charge in [-0.25, -0.2) is 0 Å². The van der Waals surface area contributed by atoms with E-state index in [1.54, 1.807) is 6.20 Å². The Labute approximate surface area is 184 Å². The number of carbonyl (C=O) groups is 2. The van der Waals surface area contributed by atoms with Crippen LogP contribution in [0.3, 0.4) is 0 Å². The maximum absolute atomic E-state index is 13.2. The highest BCUT2D eigenvalue weighted by atomic mass is 16.2. The largest absolute Gasteiger partial charge is 0.349 e. The Morgan fingerprint density at radius 1 is 1.06 bits per heavy atom. The van der Waals surface area contributed by atoms with Crippen molar-refractivity contribution in [3.05, 3.63) is 65.5 Å². The van der Waals surface area contributed by atoms with Crippen LogP contribution in [0.5, 0.6) is 0 Å². The Balaban J connectivity index is 1.39. The van der Waals surface area contributed by atoms with E-state index in [1.165, 1.54) is 12.8 Å². The molecular formula is C25H32N4O2. The van der Waals surface area contributed by atoms with Crippen LogP contribution >= 0.6 is 0 Å². The number of hydrogen-bond acceptors (Lipinski definition) is 4. The number of nitrogens with one attached hydrogen (secondary N) is 1. The van der Waals surface area contributed by atoms with Gasteiger partial charge in [-0.15, -0.1) is 0 Å². The van der Waals surface area contributed by atoms with Crippen LogP contribution in [-0.4, -0.2) is 58.8 Å². The van der Waals surface area contributed by atoms with Crippen molar-refractivity contribution < 1.29 is 9.59 Å². The molecular weight excluding hydrogens is 388 g/mol. The second-order valence-corrected chi connectivity index (χ2v) is 8.73. The molecule has 0 radical (unpaired) electrons. The van der Waals surface area contributed by atoms with Crippen LogP contribution in [0.25, 0.3) is 0 Å². The monoisotopic (exact) mass is 420 g/mol. The summed E-state index contributed by atoms with van der Waals surface area (Å²) < 4.78 is 0. The zero-order valence-corrected chi connectivity index (χ0v) is 18.3. The first-order chi connectivity index (χ1) is 15.1. The first-order valence-corrected chi connectivity index (χ1v) is 11.4. The minimum absolute atomic E-state index is 0.0837. The number of hydrogen-bond donors (Lipinski definition) is 1. The molecule has 2 amide bonds. The van der Waals surface area contributed by atoms with Crippen LogP contribution in [0, 0.1) is 12.8 Å². The van der Waals surface area contributed by atoms with Crippen LogP contribution in [0.1, 0.15) is 47.3 Å². The third kappa shape index (κ3) is 5.31. The molecule has 164 valence electrons. The fourth-order valence-corrected chi connectivity index (χ4v) is 4.90. The number of nitrogens with zero attached hydrogens (tertiary/aromatic N) is 3. The summed E-state index contributed by atoms with van der Waals surface area (Å²) in [6.07, 6.45) is 6.34. The number of aryl methyl sites for hydroxylation is 1. The number of carbonyl (C=O) groups excluding carboxylic acids is 2. The zero-order valence-electron chi connectivity index (χ0n) is 18.3. The lowest BCUT2D eigenvalue weighted by Crippen LogP contribution is -2.57. The second kappa shape index (κ2) is 10.1. The van der Waals surface area contributed by atoms with Crippen molar-refractivity contribution in [3.8, 4) is 0 Å². The molecule has 1 saturated heterocycles. The van der Waals surface area contributed by atoms with Gasteiger partial charge < -0.3 is 10.2 Å². The van der Waals surface area contributed by atoms with E-state index in [1.807, 2.05) is 54.3 Å². The number of pyridine rings is 1. The Hall–Kier alpha value is -2.73. The maximum atomic E-state index is 13.2. The van der Waals surface area contributed by atoms with Gasteiger partial charge in [0.15, 0.2) is 0 Å². The summed E-state index contributed by atoms with van der Waals surface area (Å²) in [5.41, 5.74) is 2.71. The molecule has 1 aliphatic carbocycles. The predicted octanol–water partition coefficient (Wildman–Crippen LogP) is 3.02. The highest BCUT2D eigenvalue weighted by molar-refractivity contribution is 5.94. The molecule has 0 bridgehead atoms. The summed E-state index contributed by atoms with van der Waals surface area (Å²) in [5, 5.41) is 3.12. The van der Waals surface area contributed by atoms with E-state index in [9.17, 15) is 9.59 Å². The molecule has 1 atom stereocenters. The van der Waals surface area contributed by atoms with Crippen molar-refractivity contribution in [1.82, 2.24) is 20.1 Å². The normalized spacial score (nSPS) is 18.7. The Morgan fingerprint density at radius 2 is 1.84 bits per heavy atom. The molecule has 2 fully saturated rings. The fraction of sp³-hybridized carbons (Fsp3) is 0.480. The number of piperazine rings is 1. The van der Waals surface area contributed by atoms with Crippen molar-refractivity contribution in [1.29, 1.82) is 0 Å². The van der Waals surface area contributed by atoms with E-state index < -0.39 is 0 Å². The molecule has 2 heterocycles. The molecule has 31 heavy (non-hydrogen) atoms. The lowest BCUT2D eigenvalue weighted by atomic mass is 9.95. The average molecular weight is 421 g/mol. The molecule has 1 aromatic heterocycles. The van der Waals surface area contributed by atoms with Gasteiger partial charge in [-0.05, 0) is 49.9 Å². The molecule has 6 nitrogen and oxygen atoms in total. The van der Waals surface area contributed by atoms with Gasteiger partial charge in [0.25, 0.3) is 5.91 Å². The van der Waals surface area contributed by atoms with Gasteiger partial charge in [-0.3, -0.25) is 19.5 Å². The van der Waals surface area contributed by atoms with Crippen LogP contribution < -0.4 is 5.32 Å². The van der Waals surface area contributed by atoms with Crippen LogP contribution in [-0.2, 0) is 11.3 Å². The van der Waals surface area contributed by atoms with Crippen LogP contribution in [0.2, 0.25) is 0 Å². The molecule has 1 aliphatic heterocycles. The highest BCUT2D eigenvalue weighted by Gasteiger charge is 2.37. The standard InChI is InChI=1S/C25H32N4O2/c1-19-7-6-10-21(17-19)25(31)29-15-13-28(14-16-29)23(20-8-2-3-9-20)24(30)27-18-22-11-4-5-12-26-22/h4-7,10-12,17,20,23H,2-3,8-9,13-16,18H2,1H3,(H,27,30)/t23-/m0/s1. The van der Waals surface area contributed by atoms with Crippen LogP contribution in [0.4, 0.5) is 0 Å². The van der Waals surface area contributed by atoms with Gasteiger partial charge in [-0.2, -0.15) is 0 Å². The number of amides is 2. The lowest BCUT2D eigenvalue weighted by molar-refractivity contribution is -0.129. The predicted molar refractivity (Wildman–Crippen MR) is 120 cm³/mol. The van der Waals surface area contributed by atoms with Gasteiger partial charge in [-0.1, -0.05) is 36.6 Å². The molecule has 0 spiro atoms. The summed E-state index contributed by atoms with van der Waals surface area (Å²) in [6.45, 7) is 5.23. The first kappa shape index (κ1) is 21.5. The summed E-state index contributed by atoms with van der Waals surface area (Å²) in [7, 11) is 0. The molecule has 4 rings (SSSR count). The van der Waals surface area contributed by atoms with Gasteiger partial charge in [0, 0.05) is 37.9 Å². The summed E-state index contributed by atoms with van der Waals surface area (Å²) in [5.74, 6) is 0.569. The first-order valence-electron chi connectivity index (χ1n) is 11.4. The van der Waals surface area contributed by atoms with Crippen molar-refractivity contribution in [2.75, 3.05) is 26.2 Å². The molecule has 2 aromatic rings. The molecule has 2 aliphatic rings. The quantitative estimate of drug-likeness (QED) is 0.780. The fourth-order valence-electron chi connectivity index (χ4n) is 4.90. The SMILES string of the molecule is Cc1cccc(C(=O)N2CCN([C@H](C(=O)NCc3ccccn3)C3CCCC3)CC2)c1. The second-order valence-electron chi connectivity index (χ2n) is 8.73. The van der Waals surface area contributed by atoms with Gasteiger partial charge in [0.05, 0.1) is 18.3 Å². The number of rotatable bonds is 6. The van der Waals surface area contributed by atoms with E-state index in [0.29, 0.717) is 25.6 Å². The maximum Gasteiger partial charge on any atom is 0.253 e. The van der Waals surface area contributed by atoms with Gasteiger partial charge in [0.1, 0.15) is 0 Å². The number of aromatic nitrogens is 1. The van der Waals surface area contributed by atoms with E-state index in [2.05, 4.69) is 15.2 Å². The highest BCUT2D eigenvalue weighted by Crippen LogP contribution is 2.31. The topological polar surface area (TPSA) is 65.5 Å². The van der Waals surface area contributed by atoms with E-state index >= 15 is 0 Å². The Kier molecular flexibility index (Phi) is 6.97. The Morgan fingerprint density at radius 3 is 2.52 bits per heavy atom. The van der Waals surface area contributed by atoms with Crippen molar-refractivity contribution in [3.63, 3.8) is 0 Å². The van der Waals surface area contributed by atoms with Crippen molar-refractivity contribution >= 4 is 11.8 Å². The van der Waals surface area contributed by atoms with Crippen LogP contribution in [0.15, 0.2) is 48.7 Å². The van der Waals surface area contributed by atoms with E-state index in [4.69, 9.17) is 0 Å². The minimum Gasteiger partial charge on any atom is -0.349 e. The van der Waals surface area contributed by atoms with Gasteiger partial charge in [0.2, 0.25) is 5.91 Å². The average Bonchev–Trinajstić information content (AvgIpc) is 3.33. The summed E-state index contributed by atoms with van der Waals surface area (Å²) >= 11 is 0. The van der Waals surface area contributed by atoms with Crippen molar-refractivity contribution in [2.24, 2.45) is 5.92 Å². The third-order valence-electron chi connectivity index (χ3n) is 6.54. The summed E-state index contributed by atoms with van der Waals surface area (Å²) in [6, 6.07) is 13.4. The molecule has 1 saturated carbocycles. The molecule has 1 N–H and O–H groups in total. The zero-order chi connectivity index (χ0) is 21.6. The van der Waals surface area contributed by atoms with E-state index in [0.717, 1.165) is 42.8 Å². The molecule has 0 unspecified atom stereocenters. The molecule has 6 heteroatoms. The molecule has 1 aromatic carbocycles. The minimum atomic E-state index is -0.123. The summed E-state index contributed by atoms with van der Waals surface area (Å²) in [4.78, 5) is 34.6. The van der Waals surface area contributed by atoms with E-state index in [-0.39, 0.29) is 17.9 Å². The lowest BCUT2D eigenvalue weighted by Gasteiger charge is -2.40.